The summed E-state index contributed by atoms with van der Waals surface area (Å²) in [7, 11) is 1.41. The van der Waals surface area contributed by atoms with Gasteiger partial charge in [-0.2, -0.15) is 5.01 Å². The fourth-order valence-corrected chi connectivity index (χ4v) is 2.46. The Balaban J connectivity index is 2.33. The number of unbranched alkanes of at least 4 members (excludes halogenated alkanes) is 2. The van der Waals surface area contributed by atoms with Gasteiger partial charge in [0, 0.05) is 18.3 Å². The lowest BCUT2D eigenvalue weighted by molar-refractivity contribution is 0.135. The Morgan fingerprint density at radius 1 is 1.25 bits per heavy atom. The molecule has 0 unspecified atom stereocenters. The van der Waals surface area contributed by atoms with Gasteiger partial charge in [0.05, 0.1) is 12.8 Å². The number of rotatable bonds is 4. The van der Waals surface area contributed by atoms with E-state index in [4.69, 9.17) is 4.74 Å². The van der Waals surface area contributed by atoms with E-state index in [1.807, 2.05) is 36.3 Å². The number of anilines is 1. The number of para-hydroxylation sites is 1. The van der Waals surface area contributed by atoms with Gasteiger partial charge >= 0.3 is 6.09 Å². The number of methoxy groups -OCH3 is 1. The highest BCUT2D eigenvalue weighted by Crippen LogP contribution is 2.33. The number of amides is 1. The summed E-state index contributed by atoms with van der Waals surface area (Å²) in [5, 5.41) is 3.58. The van der Waals surface area contributed by atoms with Gasteiger partial charge in [-0.25, -0.2) is 4.79 Å². The van der Waals surface area contributed by atoms with Gasteiger partial charge in [0.25, 0.3) is 0 Å². The fraction of sp³-hybridized carbons (Fsp3) is 0.438. The maximum Gasteiger partial charge on any atom is 0.432 e. The van der Waals surface area contributed by atoms with Crippen molar-refractivity contribution in [1.82, 2.24) is 5.01 Å². The summed E-state index contributed by atoms with van der Waals surface area (Å²) in [6.07, 6.45) is 4.85. The first-order valence-electron chi connectivity index (χ1n) is 7.11. The van der Waals surface area contributed by atoms with Crippen LogP contribution >= 0.6 is 0 Å². The molecule has 4 heteroatoms. The normalized spacial score (nSPS) is 13.8. The van der Waals surface area contributed by atoms with E-state index in [9.17, 15) is 4.79 Å². The number of hydrogen-bond donors (Lipinski definition) is 0. The average Bonchev–Trinajstić information content (AvgIpc) is 2.48. The maximum absolute atomic E-state index is 12.0. The zero-order valence-electron chi connectivity index (χ0n) is 12.4. The topological polar surface area (TPSA) is 32.8 Å². The van der Waals surface area contributed by atoms with Crippen LogP contribution in [0.15, 0.2) is 30.5 Å². The molecule has 1 aliphatic heterocycles. The molecular weight excluding hydrogens is 252 g/mol. The number of allylic oxidation sites excluding steroid dienone is 1. The van der Waals surface area contributed by atoms with E-state index in [1.165, 1.54) is 12.7 Å². The summed E-state index contributed by atoms with van der Waals surface area (Å²) in [6.45, 7) is 4.99. The minimum Gasteiger partial charge on any atom is -0.451 e. The summed E-state index contributed by atoms with van der Waals surface area (Å²) in [4.78, 5) is 12.0. The van der Waals surface area contributed by atoms with Gasteiger partial charge in [-0.05, 0) is 25.0 Å². The highest BCUT2D eigenvalue weighted by atomic mass is 16.5. The molecular formula is C16H22N2O2. The first kappa shape index (κ1) is 14.4. The van der Waals surface area contributed by atoms with E-state index in [-0.39, 0.29) is 6.09 Å². The van der Waals surface area contributed by atoms with Gasteiger partial charge in [0.2, 0.25) is 0 Å². The van der Waals surface area contributed by atoms with Crippen molar-refractivity contribution >= 4 is 17.4 Å². The molecule has 0 bridgehead atoms. The van der Waals surface area contributed by atoms with Crippen LogP contribution in [0.1, 0.15) is 38.7 Å². The molecule has 20 heavy (non-hydrogen) atoms. The quantitative estimate of drug-likeness (QED) is 0.777. The molecule has 1 aromatic carbocycles. The Morgan fingerprint density at radius 2 is 2.00 bits per heavy atom. The van der Waals surface area contributed by atoms with Crippen LogP contribution in [0.4, 0.5) is 10.5 Å². The Bertz CT molecular complexity index is 511. The van der Waals surface area contributed by atoms with Crippen molar-refractivity contribution < 1.29 is 9.53 Å². The fourth-order valence-electron chi connectivity index (χ4n) is 2.46. The number of carbonyl (C=O) groups excluding carboxylic acids is 1. The molecule has 2 rings (SSSR count). The van der Waals surface area contributed by atoms with Crippen LogP contribution in [0.25, 0.3) is 5.57 Å². The average molecular weight is 274 g/mol. The SMILES string of the molecule is CCCCCN1c2ccccc2C(C)=CN1C(=O)OC. The first-order valence-corrected chi connectivity index (χ1v) is 7.11. The third kappa shape index (κ3) is 2.79. The summed E-state index contributed by atoms with van der Waals surface area (Å²) < 4.78 is 4.89. The van der Waals surface area contributed by atoms with E-state index in [1.54, 1.807) is 5.01 Å². The summed E-state index contributed by atoms with van der Waals surface area (Å²) >= 11 is 0. The predicted octanol–water partition coefficient (Wildman–Crippen LogP) is 4.04. The number of hydrogen-bond acceptors (Lipinski definition) is 3. The maximum atomic E-state index is 12.0. The van der Waals surface area contributed by atoms with Gasteiger partial charge in [-0.15, -0.1) is 0 Å². The third-order valence-electron chi connectivity index (χ3n) is 3.52. The first-order chi connectivity index (χ1) is 9.69. The van der Waals surface area contributed by atoms with Crippen molar-refractivity contribution in [2.45, 2.75) is 33.1 Å². The molecule has 0 saturated heterocycles. The standard InChI is InChI=1S/C16H22N2O2/c1-4-5-8-11-17-15-10-7-6-9-14(15)13(2)12-18(17)16(19)20-3/h6-7,9-10,12H,4-5,8,11H2,1-3H3. The molecule has 108 valence electrons. The largest absolute Gasteiger partial charge is 0.451 e. The molecule has 0 saturated carbocycles. The monoisotopic (exact) mass is 274 g/mol. The second-order valence-corrected chi connectivity index (χ2v) is 4.97. The molecule has 0 aliphatic carbocycles. The van der Waals surface area contributed by atoms with Crippen LogP contribution in [-0.4, -0.2) is 24.8 Å². The number of hydrazine groups is 1. The Labute approximate surface area is 120 Å². The predicted molar refractivity (Wildman–Crippen MR) is 81.2 cm³/mol. The number of ether oxygens (including phenoxy) is 1. The van der Waals surface area contributed by atoms with Crippen LogP contribution in [0.2, 0.25) is 0 Å². The van der Waals surface area contributed by atoms with Gasteiger partial charge in [0.1, 0.15) is 0 Å². The van der Waals surface area contributed by atoms with Gasteiger partial charge in [0.15, 0.2) is 0 Å². The molecule has 0 N–H and O–H groups in total. The molecule has 1 aliphatic rings. The highest BCUT2D eigenvalue weighted by Gasteiger charge is 2.27. The minimum absolute atomic E-state index is 0.352. The van der Waals surface area contributed by atoms with Crippen molar-refractivity contribution in [1.29, 1.82) is 0 Å². The Hall–Kier alpha value is -1.97. The molecule has 0 aromatic heterocycles. The van der Waals surface area contributed by atoms with E-state index < -0.39 is 0 Å². The smallest absolute Gasteiger partial charge is 0.432 e. The Kier molecular flexibility index (Phi) is 4.66. The number of fused-ring (bicyclic) bond motifs is 1. The van der Waals surface area contributed by atoms with E-state index in [0.717, 1.165) is 37.1 Å². The third-order valence-corrected chi connectivity index (χ3v) is 3.52. The molecule has 1 heterocycles. The van der Waals surface area contributed by atoms with Gasteiger partial charge < -0.3 is 4.74 Å². The van der Waals surface area contributed by atoms with Gasteiger partial charge in [-0.1, -0.05) is 38.0 Å². The van der Waals surface area contributed by atoms with Crippen molar-refractivity contribution in [2.24, 2.45) is 0 Å². The zero-order chi connectivity index (χ0) is 14.5. The molecule has 0 spiro atoms. The van der Waals surface area contributed by atoms with Crippen LogP contribution in [0.3, 0.4) is 0 Å². The van der Waals surface area contributed by atoms with Crippen molar-refractivity contribution in [3.8, 4) is 0 Å². The number of carbonyl (C=O) groups is 1. The molecule has 1 amide bonds. The van der Waals surface area contributed by atoms with E-state index in [2.05, 4.69) is 13.0 Å². The lowest BCUT2D eigenvalue weighted by atomic mass is 10.0. The van der Waals surface area contributed by atoms with Crippen LogP contribution in [0, 0.1) is 0 Å². The summed E-state index contributed by atoms with van der Waals surface area (Å²) in [5.41, 5.74) is 3.30. The van der Waals surface area contributed by atoms with E-state index >= 15 is 0 Å². The summed E-state index contributed by atoms with van der Waals surface area (Å²) in [6, 6.07) is 8.16. The molecule has 0 radical (unpaired) electrons. The lowest BCUT2D eigenvalue weighted by Gasteiger charge is -2.38. The van der Waals surface area contributed by atoms with E-state index in [0.29, 0.717) is 0 Å². The molecule has 4 nitrogen and oxygen atoms in total. The van der Waals surface area contributed by atoms with Crippen molar-refractivity contribution in [3.63, 3.8) is 0 Å². The zero-order valence-corrected chi connectivity index (χ0v) is 12.4. The van der Waals surface area contributed by atoms with Crippen molar-refractivity contribution in [3.05, 3.63) is 36.0 Å². The van der Waals surface area contributed by atoms with Crippen LogP contribution in [-0.2, 0) is 4.74 Å². The Morgan fingerprint density at radius 3 is 2.70 bits per heavy atom. The van der Waals surface area contributed by atoms with Gasteiger partial charge in [-0.3, -0.25) is 5.01 Å². The lowest BCUT2D eigenvalue weighted by Crippen LogP contribution is -2.46. The number of benzene rings is 1. The highest BCUT2D eigenvalue weighted by molar-refractivity contribution is 5.83. The minimum atomic E-state index is -0.352. The molecule has 0 fully saturated rings. The summed E-state index contributed by atoms with van der Waals surface area (Å²) in [5.74, 6) is 0. The second kappa shape index (κ2) is 6.46. The van der Waals surface area contributed by atoms with Crippen molar-refractivity contribution in [2.75, 3.05) is 18.7 Å². The van der Waals surface area contributed by atoms with Crippen LogP contribution < -0.4 is 5.01 Å². The molecule has 0 atom stereocenters. The second-order valence-electron chi connectivity index (χ2n) is 4.97. The number of nitrogens with zero attached hydrogens (tertiary/aromatic N) is 2. The molecule has 1 aromatic rings. The van der Waals surface area contributed by atoms with Crippen LogP contribution in [0.5, 0.6) is 0 Å².